The molecule has 6 nitrogen and oxygen atoms in total. The van der Waals surface area contributed by atoms with Crippen LogP contribution in [-0.2, 0) is 12.0 Å². The summed E-state index contributed by atoms with van der Waals surface area (Å²) in [5.74, 6) is -0.124. The van der Waals surface area contributed by atoms with Crippen LogP contribution in [0.5, 0.6) is 0 Å². The van der Waals surface area contributed by atoms with Gasteiger partial charge in [-0.3, -0.25) is 10.0 Å². The number of carbonyl (C=O) groups is 1. The summed E-state index contributed by atoms with van der Waals surface area (Å²) in [6.07, 6.45) is 8.21. The fraction of sp³-hybridized carbons (Fsp3) is 0.389. The molecule has 6 heteroatoms. The number of amides is 1. The van der Waals surface area contributed by atoms with E-state index in [1.807, 2.05) is 0 Å². The van der Waals surface area contributed by atoms with Gasteiger partial charge in [0.25, 0.3) is 5.91 Å². The Labute approximate surface area is 141 Å². The van der Waals surface area contributed by atoms with Crippen molar-refractivity contribution in [1.29, 1.82) is 0 Å². The molecule has 0 aliphatic heterocycles. The molecular weight excluding hydrogens is 304 g/mol. The van der Waals surface area contributed by atoms with Gasteiger partial charge in [-0.1, -0.05) is 44.0 Å². The molecule has 3 rings (SSSR count). The van der Waals surface area contributed by atoms with E-state index in [0.29, 0.717) is 5.95 Å². The summed E-state index contributed by atoms with van der Waals surface area (Å²) >= 11 is 0. The van der Waals surface area contributed by atoms with Gasteiger partial charge in [-0.2, -0.15) is 0 Å². The van der Waals surface area contributed by atoms with E-state index in [4.69, 9.17) is 5.21 Å². The molecule has 1 aromatic heterocycles. The molecule has 1 saturated carbocycles. The Hall–Kier alpha value is -2.47. The Morgan fingerprint density at radius 1 is 1.25 bits per heavy atom. The van der Waals surface area contributed by atoms with Crippen molar-refractivity contribution < 1.29 is 10.0 Å². The van der Waals surface area contributed by atoms with E-state index in [-0.39, 0.29) is 11.1 Å². The minimum Gasteiger partial charge on any atom is -0.345 e. The lowest BCUT2D eigenvalue weighted by atomic mass is 9.87. The van der Waals surface area contributed by atoms with Gasteiger partial charge in [0, 0.05) is 12.4 Å². The maximum absolute atomic E-state index is 11.4. The Kier molecular flexibility index (Phi) is 4.76. The summed E-state index contributed by atoms with van der Waals surface area (Å²) in [4.78, 5) is 19.8. The maximum Gasteiger partial charge on any atom is 0.277 e. The van der Waals surface area contributed by atoms with Crippen LogP contribution in [0.25, 0.3) is 0 Å². The van der Waals surface area contributed by atoms with Gasteiger partial charge in [-0.25, -0.2) is 15.4 Å². The zero-order valence-electron chi connectivity index (χ0n) is 13.7. The Morgan fingerprint density at radius 2 is 1.96 bits per heavy atom. The fourth-order valence-electron chi connectivity index (χ4n) is 3.34. The molecule has 3 N–H and O–H groups in total. The predicted octanol–water partition coefficient (Wildman–Crippen LogP) is 3.04. The molecule has 1 aliphatic carbocycles. The van der Waals surface area contributed by atoms with Gasteiger partial charge in [0.05, 0.1) is 11.1 Å². The quantitative estimate of drug-likeness (QED) is 0.581. The number of nitrogens with one attached hydrogen (secondary N) is 2. The number of hydrogen-bond donors (Lipinski definition) is 3. The minimum absolute atomic E-state index is 0.161. The highest BCUT2D eigenvalue weighted by Gasteiger charge is 2.36. The van der Waals surface area contributed by atoms with Crippen LogP contribution in [0.4, 0.5) is 5.95 Å². The summed E-state index contributed by atoms with van der Waals surface area (Å²) in [5, 5.41) is 12.1. The second kappa shape index (κ2) is 6.97. The number of aryl methyl sites for hydroxylation is 1. The number of carbonyl (C=O) groups excluding carboxylic acids is 1. The normalized spacial score (nSPS) is 15.9. The first-order valence-electron chi connectivity index (χ1n) is 8.31. The lowest BCUT2D eigenvalue weighted by Crippen LogP contribution is -2.33. The fourth-order valence-corrected chi connectivity index (χ4v) is 3.34. The molecule has 0 atom stereocenters. The van der Waals surface area contributed by atoms with Crippen LogP contribution in [0.3, 0.4) is 0 Å². The van der Waals surface area contributed by atoms with E-state index in [2.05, 4.69) is 46.5 Å². The number of rotatable bonds is 5. The molecule has 1 aliphatic rings. The highest BCUT2D eigenvalue weighted by Crippen LogP contribution is 2.41. The Bertz CT molecular complexity index is 709. The van der Waals surface area contributed by atoms with Crippen LogP contribution in [0, 0.1) is 0 Å². The van der Waals surface area contributed by atoms with E-state index in [9.17, 15) is 4.79 Å². The summed E-state index contributed by atoms with van der Waals surface area (Å²) in [7, 11) is 0. The van der Waals surface area contributed by atoms with Crippen LogP contribution in [0.15, 0.2) is 36.7 Å². The summed E-state index contributed by atoms with van der Waals surface area (Å²) < 4.78 is 0. The highest BCUT2D eigenvalue weighted by molar-refractivity contribution is 5.92. The lowest BCUT2D eigenvalue weighted by Gasteiger charge is -2.31. The number of hydroxylamine groups is 1. The average Bonchev–Trinajstić information content (AvgIpc) is 3.11. The molecule has 1 fully saturated rings. The van der Waals surface area contributed by atoms with Crippen LogP contribution >= 0.6 is 0 Å². The van der Waals surface area contributed by atoms with Crippen molar-refractivity contribution in [3.8, 4) is 0 Å². The number of hydrogen-bond acceptors (Lipinski definition) is 5. The van der Waals surface area contributed by atoms with E-state index in [1.165, 1.54) is 23.5 Å². The molecule has 0 unspecified atom stereocenters. The van der Waals surface area contributed by atoms with Crippen molar-refractivity contribution in [2.75, 3.05) is 5.32 Å². The van der Waals surface area contributed by atoms with Gasteiger partial charge < -0.3 is 5.32 Å². The van der Waals surface area contributed by atoms with E-state index in [0.717, 1.165) is 32.1 Å². The van der Waals surface area contributed by atoms with Gasteiger partial charge >= 0.3 is 0 Å². The standard InChI is InChI=1S/C18H22N4O2/c1-2-13-6-5-7-15(10-13)18(8-3-4-9-18)21-17-19-11-14(12-20-17)16(23)22-24/h5-7,10-12,24H,2-4,8-9H2,1H3,(H,22,23)(H,19,20,21). The Morgan fingerprint density at radius 3 is 2.58 bits per heavy atom. The monoisotopic (exact) mass is 326 g/mol. The zero-order chi connectivity index (χ0) is 17.0. The smallest absolute Gasteiger partial charge is 0.277 e. The highest BCUT2D eigenvalue weighted by atomic mass is 16.5. The molecule has 126 valence electrons. The van der Waals surface area contributed by atoms with Gasteiger partial charge in [0.2, 0.25) is 5.95 Å². The third-order valence-corrected chi connectivity index (χ3v) is 4.71. The number of aromatic nitrogens is 2. The van der Waals surface area contributed by atoms with Crippen molar-refractivity contribution in [3.05, 3.63) is 53.3 Å². The van der Waals surface area contributed by atoms with Crippen molar-refractivity contribution in [2.24, 2.45) is 0 Å². The van der Waals surface area contributed by atoms with Crippen molar-refractivity contribution in [1.82, 2.24) is 15.4 Å². The van der Waals surface area contributed by atoms with Crippen molar-refractivity contribution in [3.63, 3.8) is 0 Å². The number of anilines is 1. The molecule has 1 amide bonds. The van der Waals surface area contributed by atoms with Gasteiger partial charge in [-0.15, -0.1) is 0 Å². The van der Waals surface area contributed by atoms with Crippen molar-refractivity contribution in [2.45, 2.75) is 44.6 Å². The van der Waals surface area contributed by atoms with E-state index < -0.39 is 5.91 Å². The first-order chi connectivity index (χ1) is 11.7. The van der Waals surface area contributed by atoms with Gasteiger partial charge in [-0.05, 0) is 30.4 Å². The average molecular weight is 326 g/mol. The van der Waals surface area contributed by atoms with Crippen molar-refractivity contribution >= 4 is 11.9 Å². The van der Waals surface area contributed by atoms with E-state index >= 15 is 0 Å². The second-order valence-corrected chi connectivity index (χ2v) is 6.20. The molecule has 0 bridgehead atoms. The van der Waals surface area contributed by atoms with Gasteiger partial charge in [0.1, 0.15) is 0 Å². The number of benzene rings is 1. The topological polar surface area (TPSA) is 87.1 Å². The first-order valence-corrected chi connectivity index (χ1v) is 8.31. The largest absolute Gasteiger partial charge is 0.345 e. The second-order valence-electron chi connectivity index (χ2n) is 6.20. The maximum atomic E-state index is 11.4. The van der Waals surface area contributed by atoms with Crippen LogP contribution < -0.4 is 10.8 Å². The van der Waals surface area contributed by atoms with Gasteiger partial charge in [0.15, 0.2) is 0 Å². The van der Waals surface area contributed by atoms with Crippen LogP contribution in [0.2, 0.25) is 0 Å². The predicted molar refractivity (Wildman–Crippen MR) is 90.9 cm³/mol. The third-order valence-electron chi connectivity index (χ3n) is 4.71. The molecular formula is C18H22N4O2. The minimum atomic E-state index is -0.618. The lowest BCUT2D eigenvalue weighted by molar-refractivity contribution is 0.0705. The summed E-state index contributed by atoms with van der Waals surface area (Å²) in [5.41, 5.74) is 4.22. The molecule has 0 spiro atoms. The molecule has 24 heavy (non-hydrogen) atoms. The third kappa shape index (κ3) is 3.23. The summed E-state index contributed by atoms with van der Waals surface area (Å²) in [6.45, 7) is 2.15. The molecule has 2 aromatic rings. The van der Waals surface area contributed by atoms with E-state index in [1.54, 1.807) is 5.48 Å². The Balaban J connectivity index is 1.87. The zero-order valence-corrected chi connectivity index (χ0v) is 13.7. The number of nitrogens with zero attached hydrogens (tertiary/aromatic N) is 2. The van der Waals surface area contributed by atoms with Crippen LogP contribution in [-0.4, -0.2) is 21.1 Å². The molecule has 1 heterocycles. The first kappa shape index (κ1) is 16.4. The SMILES string of the molecule is CCc1cccc(C2(Nc3ncc(C(=O)NO)cn3)CCCC2)c1. The molecule has 0 radical (unpaired) electrons. The van der Waals surface area contributed by atoms with Crippen LogP contribution in [0.1, 0.15) is 54.1 Å². The molecule has 0 saturated heterocycles. The summed E-state index contributed by atoms with van der Waals surface area (Å²) in [6, 6.07) is 8.66. The molecule has 1 aromatic carbocycles.